The quantitative estimate of drug-likeness (QED) is 0.684. The van der Waals surface area contributed by atoms with E-state index >= 15 is 0 Å². The van der Waals surface area contributed by atoms with Crippen LogP contribution in [0.5, 0.6) is 0 Å². The number of nitrogens with zero attached hydrogens (tertiary/aromatic N) is 1. The van der Waals surface area contributed by atoms with E-state index in [1.807, 2.05) is 0 Å². The average molecular weight is 229 g/mol. The van der Waals surface area contributed by atoms with Crippen molar-refractivity contribution >= 4 is 12.6 Å². The van der Waals surface area contributed by atoms with Crippen molar-refractivity contribution in [1.82, 2.24) is 4.90 Å². The number of hydrogen-bond donors (Lipinski definition) is 1. The Morgan fingerprint density at radius 2 is 1.93 bits per heavy atom. The molecule has 0 aromatic rings. The molecule has 2 heteroatoms. The van der Waals surface area contributed by atoms with Crippen LogP contribution in [0.3, 0.4) is 0 Å². The van der Waals surface area contributed by atoms with E-state index in [0.29, 0.717) is 11.3 Å². The molecule has 0 radical (unpaired) electrons. The van der Waals surface area contributed by atoms with E-state index in [0.717, 1.165) is 11.7 Å². The molecule has 90 valence electrons. The standard InChI is InChI=1S/C13H27NS/c1-5-14(8-11-6-7-11)9-12(10-15)13(2,3)4/h11-12,15H,5-10H2,1-4H3. The molecule has 1 atom stereocenters. The first kappa shape index (κ1) is 13.4. The highest BCUT2D eigenvalue weighted by Crippen LogP contribution is 2.32. The Bertz CT molecular complexity index is 181. The second kappa shape index (κ2) is 5.58. The molecule has 1 nitrogen and oxygen atoms in total. The van der Waals surface area contributed by atoms with Gasteiger partial charge in [0.25, 0.3) is 0 Å². The zero-order valence-electron chi connectivity index (χ0n) is 10.8. The molecule has 1 fully saturated rings. The van der Waals surface area contributed by atoms with Crippen molar-refractivity contribution in [1.29, 1.82) is 0 Å². The van der Waals surface area contributed by atoms with Crippen LogP contribution in [0.2, 0.25) is 0 Å². The molecule has 1 saturated carbocycles. The van der Waals surface area contributed by atoms with E-state index in [1.54, 1.807) is 0 Å². The van der Waals surface area contributed by atoms with Crippen molar-refractivity contribution in [3.8, 4) is 0 Å². The van der Waals surface area contributed by atoms with E-state index in [2.05, 4.69) is 45.2 Å². The topological polar surface area (TPSA) is 3.24 Å². The van der Waals surface area contributed by atoms with Crippen molar-refractivity contribution in [3.05, 3.63) is 0 Å². The maximum Gasteiger partial charge on any atom is 0.00225 e. The Morgan fingerprint density at radius 3 is 2.27 bits per heavy atom. The largest absolute Gasteiger partial charge is 0.303 e. The summed E-state index contributed by atoms with van der Waals surface area (Å²) in [5.41, 5.74) is 0.388. The van der Waals surface area contributed by atoms with E-state index < -0.39 is 0 Å². The first-order valence-corrected chi connectivity index (χ1v) is 6.93. The van der Waals surface area contributed by atoms with Gasteiger partial charge in [-0.1, -0.05) is 27.7 Å². The van der Waals surface area contributed by atoms with Crippen LogP contribution < -0.4 is 0 Å². The second-order valence-corrected chi connectivity index (χ2v) is 6.41. The van der Waals surface area contributed by atoms with Crippen molar-refractivity contribution in [2.24, 2.45) is 17.3 Å². The molecule has 0 aromatic heterocycles. The molecule has 1 aliphatic rings. The number of thiol groups is 1. The van der Waals surface area contributed by atoms with E-state index in [1.165, 1.54) is 32.5 Å². The summed E-state index contributed by atoms with van der Waals surface area (Å²) < 4.78 is 0. The summed E-state index contributed by atoms with van der Waals surface area (Å²) in [7, 11) is 0. The molecule has 1 unspecified atom stereocenters. The Hall–Kier alpha value is 0.310. The highest BCUT2D eigenvalue weighted by atomic mass is 32.1. The van der Waals surface area contributed by atoms with Crippen LogP contribution in [0.15, 0.2) is 0 Å². The molecule has 0 bridgehead atoms. The normalized spacial score (nSPS) is 19.6. The van der Waals surface area contributed by atoms with Gasteiger partial charge in [0.2, 0.25) is 0 Å². The van der Waals surface area contributed by atoms with Crippen LogP contribution in [-0.4, -0.2) is 30.3 Å². The van der Waals surface area contributed by atoms with Gasteiger partial charge < -0.3 is 4.90 Å². The van der Waals surface area contributed by atoms with Gasteiger partial charge in [0.1, 0.15) is 0 Å². The van der Waals surface area contributed by atoms with Gasteiger partial charge in [0.15, 0.2) is 0 Å². The lowest BCUT2D eigenvalue weighted by Crippen LogP contribution is -2.37. The van der Waals surface area contributed by atoms with Gasteiger partial charge in [-0.15, -0.1) is 0 Å². The Labute approximate surface area is 101 Å². The van der Waals surface area contributed by atoms with Gasteiger partial charge in [-0.05, 0) is 42.4 Å². The summed E-state index contributed by atoms with van der Waals surface area (Å²) in [6.45, 7) is 13.0. The summed E-state index contributed by atoms with van der Waals surface area (Å²) in [5, 5.41) is 0. The van der Waals surface area contributed by atoms with E-state index in [9.17, 15) is 0 Å². The first-order valence-electron chi connectivity index (χ1n) is 6.30. The zero-order chi connectivity index (χ0) is 11.5. The summed E-state index contributed by atoms with van der Waals surface area (Å²) in [6.07, 6.45) is 2.91. The van der Waals surface area contributed by atoms with Crippen LogP contribution in [0, 0.1) is 17.3 Å². The van der Waals surface area contributed by atoms with Crippen LogP contribution in [-0.2, 0) is 0 Å². The number of rotatable bonds is 6. The summed E-state index contributed by atoms with van der Waals surface area (Å²) >= 11 is 4.50. The molecule has 0 spiro atoms. The minimum atomic E-state index is 0.388. The van der Waals surface area contributed by atoms with Gasteiger partial charge >= 0.3 is 0 Å². The van der Waals surface area contributed by atoms with Crippen LogP contribution in [0.4, 0.5) is 0 Å². The third-order valence-corrected chi connectivity index (χ3v) is 4.03. The molecular formula is C13H27NS. The maximum absolute atomic E-state index is 4.50. The molecule has 0 heterocycles. The SMILES string of the molecule is CCN(CC1CC1)CC(CS)C(C)(C)C. The lowest BCUT2D eigenvalue weighted by atomic mass is 9.81. The van der Waals surface area contributed by atoms with Crippen molar-refractivity contribution < 1.29 is 0 Å². The highest BCUT2D eigenvalue weighted by molar-refractivity contribution is 7.80. The van der Waals surface area contributed by atoms with E-state index in [-0.39, 0.29) is 0 Å². The van der Waals surface area contributed by atoms with Crippen molar-refractivity contribution in [2.75, 3.05) is 25.4 Å². The molecule has 0 saturated heterocycles. The fourth-order valence-corrected chi connectivity index (χ4v) is 2.58. The Kier molecular flexibility index (Phi) is 4.98. The Morgan fingerprint density at radius 1 is 1.33 bits per heavy atom. The third-order valence-electron chi connectivity index (χ3n) is 3.58. The molecule has 1 aliphatic carbocycles. The van der Waals surface area contributed by atoms with Gasteiger partial charge in [0.05, 0.1) is 0 Å². The molecule has 0 aromatic carbocycles. The zero-order valence-corrected chi connectivity index (χ0v) is 11.7. The van der Waals surface area contributed by atoms with Gasteiger partial charge in [-0.2, -0.15) is 12.6 Å². The van der Waals surface area contributed by atoms with Crippen molar-refractivity contribution in [2.45, 2.75) is 40.5 Å². The monoisotopic (exact) mass is 229 g/mol. The van der Waals surface area contributed by atoms with Crippen LogP contribution in [0.1, 0.15) is 40.5 Å². The van der Waals surface area contributed by atoms with Gasteiger partial charge in [0, 0.05) is 13.1 Å². The third kappa shape index (κ3) is 4.78. The molecule has 0 N–H and O–H groups in total. The first-order chi connectivity index (χ1) is 6.97. The summed E-state index contributed by atoms with van der Waals surface area (Å²) in [4.78, 5) is 2.61. The fourth-order valence-electron chi connectivity index (χ4n) is 1.92. The fraction of sp³-hybridized carbons (Fsp3) is 1.00. The highest BCUT2D eigenvalue weighted by Gasteiger charge is 2.28. The molecule has 0 aliphatic heterocycles. The summed E-state index contributed by atoms with van der Waals surface area (Å²) in [5.74, 6) is 2.72. The predicted molar refractivity (Wildman–Crippen MR) is 71.6 cm³/mol. The van der Waals surface area contributed by atoms with Crippen molar-refractivity contribution in [3.63, 3.8) is 0 Å². The predicted octanol–water partition coefficient (Wildman–Crippen LogP) is 3.31. The maximum atomic E-state index is 4.50. The molecular weight excluding hydrogens is 202 g/mol. The van der Waals surface area contributed by atoms with Gasteiger partial charge in [-0.3, -0.25) is 0 Å². The molecule has 15 heavy (non-hydrogen) atoms. The average Bonchev–Trinajstić information content (AvgIpc) is 2.93. The lowest BCUT2D eigenvalue weighted by molar-refractivity contribution is 0.165. The minimum Gasteiger partial charge on any atom is -0.303 e. The smallest absolute Gasteiger partial charge is 0.00225 e. The second-order valence-electron chi connectivity index (χ2n) is 6.04. The Balaban J connectivity index is 2.39. The summed E-state index contributed by atoms with van der Waals surface area (Å²) in [6, 6.07) is 0. The lowest BCUT2D eigenvalue weighted by Gasteiger charge is -2.34. The molecule has 1 rings (SSSR count). The van der Waals surface area contributed by atoms with Gasteiger partial charge in [-0.25, -0.2) is 0 Å². The van der Waals surface area contributed by atoms with Crippen LogP contribution in [0.25, 0.3) is 0 Å². The van der Waals surface area contributed by atoms with E-state index in [4.69, 9.17) is 0 Å². The van der Waals surface area contributed by atoms with Crippen LogP contribution >= 0.6 is 12.6 Å². The number of hydrogen-bond acceptors (Lipinski definition) is 2. The minimum absolute atomic E-state index is 0.388. The molecule has 0 amide bonds.